The predicted octanol–water partition coefficient (Wildman–Crippen LogP) is 3.62. The van der Waals surface area contributed by atoms with Crippen LogP contribution >= 0.6 is 24.0 Å². The molecule has 1 heterocycles. The van der Waals surface area contributed by atoms with Crippen LogP contribution in [0.1, 0.15) is 45.6 Å². The van der Waals surface area contributed by atoms with E-state index in [9.17, 15) is 0 Å². The lowest BCUT2D eigenvalue weighted by atomic mass is 9.98. The van der Waals surface area contributed by atoms with Gasteiger partial charge in [-0.05, 0) is 52.3 Å². The highest BCUT2D eigenvalue weighted by Crippen LogP contribution is 2.19. The molecule has 1 saturated heterocycles. The summed E-state index contributed by atoms with van der Waals surface area (Å²) in [6, 6.07) is 10.4. The molecule has 1 aromatic carbocycles. The zero-order valence-corrected chi connectivity index (χ0v) is 17.7. The van der Waals surface area contributed by atoms with Crippen molar-refractivity contribution in [3.63, 3.8) is 0 Å². The highest BCUT2D eigenvalue weighted by atomic mass is 127. The van der Waals surface area contributed by atoms with Crippen LogP contribution in [0.2, 0.25) is 0 Å². The highest BCUT2D eigenvalue weighted by molar-refractivity contribution is 14.0. The van der Waals surface area contributed by atoms with Crippen molar-refractivity contribution in [1.82, 2.24) is 15.5 Å². The van der Waals surface area contributed by atoms with Gasteiger partial charge in [-0.2, -0.15) is 0 Å². The predicted molar refractivity (Wildman–Crippen MR) is 114 cm³/mol. The fraction of sp³-hybridized carbons (Fsp3) is 0.632. The number of piperidine rings is 1. The first kappa shape index (κ1) is 21.2. The number of hydrogen-bond acceptors (Lipinski definition) is 2. The number of halogens is 1. The molecule has 0 radical (unpaired) electrons. The van der Waals surface area contributed by atoms with Gasteiger partial charge >= 0.3 is 0 Å². The molecule has 2 N–H and O–H groups in total. The van der Waals surface area contributed by atoms with E-state index in [1.165, 1.54) is 37.9 Å². The van der Waals surface area contributed by atoms with Gasteiger partial charge in [0.1, 0.15) is 0 Å². The van der Waals surface area contributed by atoms with Gasteiger partial charge < -0.3 is 10.6 Å². The molecule has 0 amide bonds. The topological polar surface area (TPSA) is 39.7 Å². The fourth-order valence-corrected chi connectivity index (χ4v) is 3.01. The van der Waals surface area contributed by atoms with E-state index in [1.54, 1.807) is 0 Å². The molecule has 1 aliphatic heterocycles. The Bertz CT molecular complexity index is 481. The van der Waals surface area contributed by atoms with Crippen LogP contribution in [0.3, 0.4) is 0 Å². The molecule has 0 bridgehead atoms. The Morgan fingerprint density at radius 2 is 1.75 bits per heavy atom. The molecule has 24 heavy (non-hydrogen) atoms. The first-order chi connectivity index (χ1) is 11.1. The van der Waals surface area contributed by atoms with E-state index >= 15 is 0 Å². The minimum Gasteiger partial charge on any atom is -0.357 e. The smallest absolute Gasteiger partial charge is 0.191 e. The number of nitrogens with zero attached hydrogens (tertiary/aromatic N) is 2. The number of nitrogens with one attached hydrogen (secondary N) is 2. The van der Waals surface area contributed by atoms with Gasteiger partial charge in [-0.1, -0.05) is 36.8 Å². The van der Waals surface area contributed by atoms with Crippen LogP contribution in [0, 0.1) is 0 Å². The Balaban J connectivity index is 0.00000288. The molecular weight excluding hydrogens is 411 g/mol. The fourth-order valence-electron chi connectivity index (χ4n) is 3.01. The number of rotatable bonds is 6. The zero-order valence-electron chi connectivity index (χ0n) is 15.3. The second kappa shape index (κ2) is 10.9. The molecule has 5 heteroatoms. The lowest BCUT2D eigenvalue weighted by Gasteiger charge is -2.41. The number of aliphatic imine (C=N–C) groups is 1. The maximum atomic E-state index is 4.71. The summed E-state index contributed by atoms with van der Waals surface area (Å²) in [5, 5.41) is 6.87. The number of hydrogen-bond donors (Lipinski definition) is 2. The molecule has 0 aromatic heterocycles. The van der Waals surface area contributed by atoms with E-state index in [4.69, 9.17) is 4.99 Å². The molecule has 1 aromatic rings. The van der Waals surface area contributed by atoms with Crippen molar-refractivity contribution in [3.8, 4) is 0 Å². The normalized spacial score (nSPS) is 16.4. The lowest BCUT2D eigenvalue weighted by Crippen LogP contribution is -2.54. The molecule has 2 rings (SSSR count). The summed E-state index contributed by atoms with van der Waals surface area (Å²) in [5.74, 6) is 0.904. The quantitative estimate of drug-likeness (QED) is 0.400. The molecule has 136 valence electrons. The van der Waals surface area contributed by atoms with E-state index in [2.05, 4.69) is 60.6 Å². The van der Waals surface area contributed by atoms with Crippen molar-refractivity contribution in [2.45, 2.75) is 52.1 Å². The molecular formula is C19H33IN4. The summed E-state index contributed by atoms with van der Waals surface area (Å²) in [7, 11) is 0. The Kier molecular flexibility index (Phi) is 9.66. The largest absolute Gasteiger partial charge is 0.357 e. The van der Waals surface area contributed by atoms with Gasteiger partial charge in [-0.15, -0.1) is 24.0 Å². The monoisotopic (exact) mass is 444 g/mol. The van der Waals surface area contributed by atoms with Gasteiger partial charge in [0.25, 0.3) is 0 Å². The number of likely N-dealkylation sites (tertiary alicyclic amines) is 1. The lowest BCUT2D eigenvalue weighted by molar-refractivity contribution is 0.0982. The van der Waals surface area contributed by atoms with Crippen molar-refractivity contribution in [1.29, 1.82) is 0 Å². The maximum absolute atomic E-state index is 4.71. The van der Waals surface area contributed by atoms with Crippen molar-refractivity contribution in [2.24, 2.45) is 4.99 Å². The Morgan fingerprint density at radius 3 is 2.38 bits per heavy atom. The standard InChI is InChI=1S/C19H32N4.HI/c1-4-20-18(21-15-17-11-7-5-8-12-17)22-16-19(2,3)23-13-9-6-10-14-23;/h5,7-8,11-12H,4,6,9-10,13-16H2,1-3H3,(H2,20,21,22);1H. The first-order valence-electron chi connectivity index (χ1n) is 8.93. The first-order valence-corrected chi connectivity index (χ1v) is 8.93. The van der Waals surface area contributed by atoms with Crippen LogP contribution in [0.5, 0.6) is 0 Å². The third-order valence-electron chi connectivity index (χ3n) is 4.51. The summed E-state index contributed by atoms with van der Waals surface area (Å²) in [5.41, 5.74) is 1.39. The average Bonchev–Trinajstić information content (AvgIpc) is 2.59. The zero-order chi connectivity index (χ0) is 16.5. The van der Waals surface area contributed by atoms with Crippen LogP contribution in [-0.2, 0) is 6.54 Å². The summed E-state index contributed by atoms with van der Waals surface area (Å²) in [6.45, 7) is 11.7. The van der Waals surface area contributed by atoms with Gasteiger partial charge in [0.15, 0.2) is 5.96 Å². The third-order valence-corrected chi connectivity index (χ3v) is 4.51. The van der Waals surface area contributed by atoms with Crippen molar-refractivity contribution < 1.29 is 0 Å². The Morgan fingerprint density at radius 1 is 1.08 bits per heavy atom. The summed E-state index contributed by atoms with van der Waals surface area (Å²) >= 11 is 0. The van der Waals surface area contributed by atoms with E-state index in [0.29, 0.717) is 6.54 Å². The van der Waals surface area contributed by atoms with Crippen LogP contribution in [0.4, 0.5) is 0 Å². The van der Waals surface area contributed by atoms with E-state index < -0.39 is 0 Å². The van der Waals surface area contributed by atoms with E-state index in [0.717, 1.165) is 19.0 Å². The number of guanidine groups is 1. The van der Waals surface area contributed by atoms with Gasteiger partial charge in [0.05, 0.1) is 6.54 Å². The molecule has 0 atom stereocenters. The molecule has 0 aliphatic carbocycles. The van der Waals surface area contributed by atoms with Crippen molar-refractivity contribution in [2.75, 3.05) is 26.2 Å². The van der Waals surface area contributed by atoms with Gasteiger partial charge in [0.2, 0.25) is 0 Å². The summed E-state index contributed by atoms with van der Waals surface area (Å²) < 4.78 is 0. The highest BCUT2D eigenvalue weighted by Gasteiger charge is 2.27. The van der Waals surface area contributed by atoms with Crippen LogP contribution in [0.25, 0.3) is 0 Å². The third kappa shape index (κ3) is 6.97. The van der Waals surface area contributed by atoms with Gasteiger partial charge in [-0.3, -0.25) is 4.90 Å². The molecule has 0 spiro atoms. The maximum Gasteiger partial charge on any atom is 0.191 e. The molecule has 1 aliphatic rings. The van der Waals surface area contributed by atoms with Crippen molar-refractivity contribution in [3.05, 3.63) is 35.9 Å². The summed E-state index contributed by atoms with van der Waals surface area (Å²) in [4.78, 5) is 7.31. The minimum absolute atomic E-state index is 0. The van der Waals surface area contributed by atoms with E-state index in [1.807, 2.05) is 6.07 Å². The second-order valence-corrected chi connectivity index (χ2v) is 6.89. The van der Waals surface area contributed by atoms with Gasteiger partial charge in [0, 0.05) is 18.6 Å². The van der Waals surface area contributed by atoms with E-state index in [-0.39, 0.29) is 29.5 Å². The van der Waals surface area contributed by atoms with Crippen LogP contribution in [-0.4, -0.2) is 42.6 Å². The van der Waals surface area contributed by atoms with Crippen LogP contribution in [0.15, 0.2) is 35.3 Å². The average molecular weight is 444 g/mol. The molecule has 0 saturated carbocycles. The SMILES string of the molecule is CCNC(=NCc1ccccc1)NCC(C)(C)N1CCCCC1.I. The Labute approximate surface area is 164 Å². The molecule has 4 nitrogen and oxygen atoms in total. The van der Waals surface area contributed by atoms with Crippen LogP contribution < -0.4 is 10.6 Å². The van der Waals surface area contributed by atoms with Crippen molar-refractivity contribution >= 4 is 29.9 Å². The number of benzene rings is 1. The van der Waals surface area contributed by atoms with Gasteiger partial charge in [-0.25, -0.2) is 4.99 Å². The summed E-state index contributed by atoms with van der Waals surface area (Å²) in [6.07, 6.45) is 4.03. The minimum atomic E-state index is 0. The molecule has 1 fully saturated rings. The second-order valence-electron chi connectivity index (χ2n) is 6.89. The Hall–Kier alpha value is -0.820. The molecule has 0 unspecified atom stereocenters.